The van der Waals surface area contributed by atoms with E-state index in [1.165, 1.54) is 12.1 Å². The Hall–Kier alpha value is -4.87. The Labute approximate surface area is 246 Å². The number of rotatable bonds is 8. The second kappa shape index (κ2) is 10.4. The van der Waals surface area contributed by atoms with Crippen molar-refractivity contribution in [2.24, 2.45) is 5.92 Å². The number of hydrogen-bond acceptors (Lipinski definition) is 5. The number of anilines is 1. The van der Waals surface area contributed by atoms with Gasteiger partial charge in [0, 0.05) is 40.5 Å². The molecule has 4 N–H and O–H groups in total. The second-order valence-corrected chi connectivity index (χ2v) is 12.8. The molecule has 0 radical (unpaired) electrons. The van der Waals surface area contributed by atoms with Gasteiger partial charge in [-0.1, -0.05) is 18.2 Å². The van der Waals surface area contributed by atoms with Gasteiger partial charge >= 0.3 is 0 Å². The number of aromatic amines is 2. The molecule has 1 amide bonds. The van der Waals surface area contributed by atoms with E-state index in [4.69, 9.17) is 0 Å². The normalized spacial score (nSPS) is 13.5. The lowest BCUT2D eigenvalue weighted by Gasteiger charge is -2.08. The molecule has 1 saturated carbocycles. The van der Waals surface area contributed by atoms with Gasteiger partial charge in [0.1, 0.15) is 11.5 Å². The third kappa shape index (κ3) is 5.64. The van der Waals surface area contributed by atoms with Crippen molar-refractivity contribution in [2.45, 2.75) is 19.4 Å². The largest absolute Gasteiger partial charge is 0.353 e. The molecule has 6 aromatic rings. The average Bonchev–Trinajstić information content (AvgIpc) is 3.61. The zero-order valence-corrected chi connectivity index (χ0v) is 23.9. The molecule has 3 aromatic heterocycles. The Bertz CT molecular complexity index is 2150. The van der Waals surface area contributed by atoms with E-state index in [9.17, 15) is 17.6 Å². The molecule has 1 aliphatic rings. The molecule has 0 atom stereocenters. The number of H-pyrrole nitrogens is 2. The molecule has 9 nitrogen and oxygen atoms in total. The van der Waals surface area contributed by atoms with Gasteiger partial charge in [-0.25, -0.2) is 17.5 Å². The summed E-state index contributed by atoms with van der Waals surface area (Å²) in [7, 11) is -3.42. The Kier molecular flexibility index (Phi) is 6.55. The lowest BCUT2D eigenvalue weighted by atomic mass is 9.99. The van der Waals surface area contributed by atoms with Crippen LogP contribution in [0, 0.1) is 11.7 Å². The summed E-state index contributed by atoms with van der Waals surface area (Å²) in [6.07, 6.45) is 6.35. The highest BCUT2D eigenvalue weighted by Crippen LogP contribution is 2.36. The van der Waals surface area contributed by atoms with Crippen molar-refractivity contribution in [2.75, 3.05) is 11.6 Å². The number of halogens is 1. The molecule has 216 valence electrons. The number of fused-ring (bicyclic) bond motifs is 2. The van der Waals surface area contributed by atoms with E-state index in [1.807, 2.05) is 48.5 Å². The van der Waals surface area contributed by atoms with Crippen molar-refractivity contribution < 1.29 is 17.6 Å². The summed E-state index contributed by atoms with van der Waals surface area (Å²) in [4.78, 5) is 20.0. The first-order valence-corrected chi connectivity index (χ1v) is 15.7. The third-order valence-corrected chi connectivity index (χ3v) is 8.25. The monoisotopic (exact) mass is 594 g/mol. The fourth-order valence-electron chi connectivity index (χ4n) is 5.31. The Morgan fingerprint density at radius 2 is 1.81 bits per heavy atom. The van der Waals surface area contributed by atoms with Crippen LogP contribution in [0.15, 0.2) is 79.1 Å². The summed E-state index contributed by atoms with van der Waals surface area (Å²) in [5.41, 5.74) is 7.63. The first kappa shape index (κ1) is 27.0. The topological polar surface area (TPSA) is 133 Å². The summed E-state index contributed by atoms with van der Waals surface area (Å²) >= 11 is 0. The van der Waals surface area contributed by atoms with E-state index in [-0.39, 0.29) is 18.4 Å². The third-order valence-electron chi connectivity index (χ3n) is 7.58. The van der Waals surface area contributed by atoms with E-state index in [0.29, 0.717) is 16.8 Å². The van der Waals surface area contributed by atoms with Crippen LogP contribution in [0.5, 0.6) is 0 Å². The number of aromatic nitrogens is 4. The lowest BCUT2D eigenvalue weighted by molar-refractivity contribution is -0.117. The molecule has 0 unspecified atom stereocenters. The van der Waals surface area contributed by atoms with E-state index < -0.39 is 15.8 Å². The van der Waals surface area contributed by atoms with Gasteiger partial charge in [0.05, 0.1) is 29.4 Å². The predicted molar refractivity (Wildman–Crippen MR) is 165 cm³/mol. The molecule has 1 aliphatic carbocycles. The number of carbonyl (C=O) groups is 1. The minimum atomic E-state index is -3.42. The minimum absolute atomic E-state index is 0.00906. The van der Waals surface area contributed by atoms with E-state index >= 15 is 0 Å². The fraction of sp³-hybridized carbons (Fsp3) is 0.156. The average molecular weight is 595 g/mol. The number of benzene rings is 3. The quantitative estimate of drug-likeness (QED) is 0.172. The van der Waals surface area contributed by atoms with Gasteiger partial charge in [0.15, 0.2) is 0 Å². The van der Waals surface area contributed by atoms with E-state index in [1.54, 1.807) is 18.5 Å². The Morgan fingerprint density at radius 1 is 0.953 bits per heavy atom. The zero-order valence-electron chi connectivity index (χ0n) is 23.1. The summed E-state index contributed by atoms with van der Waals surface area (Å²) < 4.78 is 40.2. The predicted octanol–water partition coefficient (Wildman–Crippen LogP) is 5.98. The Balaban J connectivity index is 1.25. The summed E-state index contributed by atoms with van der Waals surface area (Å²) in [5, 5.41) is 12.4. The molecule has 0 saturated heterocycles. The molecule has 7 rings (SSSR count). The second-order valence-electron chi connectivity index (χ2n) is 10.9. The lowest BCUT2D eigenvalue weighted by Crippen LogP contribution is -2.21. The van der Waals surface area contributed by atoms with Crippen LogP contribution in [0.2, 0.25) is 0 Å². The molecule has 0 bridgehead atoms. The van der Waals surface area contributed by atoms with Crippen LogP contribution in [0.1, 0.15) is 18.4 Å². The molecule has 0 aliphatic heterocycles. The van der Waals surface area contributed by atoms with Crippen LogP contribution in [-0.4, -0.2) is 40.7 Å². The maximum atomic E-state index is 14.6. The maximum Gasteiger partial charge on any atom is 0.227 e. The molecule has 0 spiro atoms. The number of nitrogens with zero attached hydrogens (tertiary/aromatic N) is 2. The highest BCUT2D eigenvalue weighted by Gasteiger charge is 2.29. The fourth-order valence-corrected chi connectivity index (χ4v) is 5.74. The number of sulfonamides is 1. The van der Waals surface area contributed by atoms with Gasteiger partial charge < -0.3 is 10.3 Å². The van der Waals surface area contributed by atoms with Crippen LogP contribution >= 0.6 is 0 Å². The number of amides is 1. The van der Waals surface area contributed by atoms with Crippen molar-refractivity contribution in [1.29, 1.82) is 0 Å². The van der Waals surface area contributed by atoms with Crippen LogP contribution in [-0.2, 0) is 21.4 Å². The standard InChI is InChI=1S/C32H27FN6O3S/c1-43(41,42)35-15-18-9-21(11-23(33)10-18)25-3-2-4-28-26(25)14-30(37-28)31-27-13-20(7-8-29(27)38-39-31)22-12-24(17-34-16-22)36-32(40)19-5-6-19/h2-4,7-14,16-17,19,35,37H,5-6,15H2,1H3,(H,36,40)(H,38,39). The highest BCUT2D eigenvalue weighted by molar-refractivity contribution is 7.88. The van der Waals surface area contributed by atoms with Gasteiger partial charge in [-0.05, 0) is 83.6 Å². The van der Waals surface area contributed by atoms with Crippen molar-refractivity contribution in [3.8, 4) is 33.6 Å². The molecule has 43 heavy (non-hydrogen) atoms. The van der Waals surface area contributed by atoms with Crippen LogP contribution < -0.4 is 10.0 Å². The van der Waals surface area contributed by atoms with Crippen LogP contribution in [0.4, 0.5) is 10.1 Å². The number of carbonyl (C=O) groups excluding carboxylic acids is 1. The number of hydrogen-bond donors (Lipinski definition) is 4. The van der Waals surface area contributed by atoms with Gasteiger partial charge in [-0.3, -0.25) is 14.9 Å². The zero-order chi connectivity index (χ0) is 29.7. The number of pyridine rings is 1. The van der Waals surface area contributed by atoms with Crippen LogP contribution in [0.25, 0.3) is 55.4 Å². The summed E-state index contributed by atoms with van der Waals surface area (Å²) in [5.74, 6) is -0.318. The maximum absolute atomic E-state index is 14.6. The smallest absolute Gasteiger partial charge is 0.227 e. The molecular formula is C32H27FN6O3S. The minimum Gasteiger partial charge on any atom is -0.353 e. The molecule has 3 heterocycles. The molecule has 3 aromatic carbocycles. The van der Waals surface area contributed by atoms with Crippen LogP contribution in [0.3, 0.4) is 0 Å². The van der Waals surface area contributed by atoms with Gasteiger partial charge in [-0.15, -0.1) is 0 Å². The first-order chi connectivity index (χ1) is 20.7. The van der Waals surface area contributed by atoms with Crippen molar-refractivity contribution in [1.82, 2.24) is 24.9 Å². The SMILES string of the molecule is CS(=O)(=O)NCc1cc(F)cc(-c2cccc3[nH]c(-c4n[nH]c5ccc(-c6cncc(NC(=O)C7CC7)c6)cc45)cc23)c1. The molecular weight excluding hydrogens is 567 g/mol. The number of nitrogens with one attached hydrogen (secondary N) is 4. The molecule has 1 fully saturated rings. The van der Waals surface area contributed by atoms with Crippen molar-refractivity contribution in [3.05, 3.63) is 90.5 Å². The van der Waals surface area contributed by atoms with E-state index in [2.05, 4.69) is 30.2 Å². The van der Waals surface area contributed by atoms with Gasteiger partial charge in [0.2, 0.25) is 15.9 Å². The van der Waals surface area contributed by atoms with Gasteiger partial charge in [-0.2, -0.15) is 5.10 Å². The summed E-state index contributed by atoms with van der Waals surface area (Å²) in [6, 6.07) is 20.2. The first-order valence-electron chi connectivity index (χ1n) is 13.8. The van der Waals surface area contributed by atoms with E-state index in [0.717, 1.165) is 69.0 Å². The molecule has 11 heteroatoms. The van der Waals surface area contributed by atoms with Crippen molar-refractivity contribution >= 4 is 43.4 Å². The summed E-state index contributed by atoms with van der Waals surface area (Å²) in [6.45, 7) is -0.00906. The Morgan fingerprint density at radius 3 is 2.63 bits per heavy atom. The van der Waals surface area contributed by atoms with Crippen molar-refractivity contribution in [3.63, 3.8) is 0 Å². The van der Waals surface area contributed by atoms with Gasteiger partial charge in [0.25, 0.3) is 0 Å². The highest BCUT2D eigenvalue weighted by atomic mass is 32.2.